The molecule has 5 rings (SSSR count). The van der Waals surface area contributed by atoms with Crippen LogP contribution >= 0.6 is 0 Å². The van der Waals surface area contributed by atoms with E-state index in [-0.39, 0.29) is 0 Å². The summed E-state index contributed by atoms with van der Waals surface area (Å²) in [5, 5.41) is 4.81. The zero-order valence-corrected chi connectivity index (χ0v) is 15.6. The molecule has 0 aliphatic rings. The first-order chi connectivity index (χ1) is 14.3. The lowest BCUT2D eigenvalue weighted by Gasteiger charge is -2.01. The minimum atomic E-state index is 0.569. The molecule has 29 heavy (non-hydrogen) atoms. The molecule has 0 bridgehead atoms. The van der Waals surface area contributed by atoms with Crippen molar-refractivity contribution in [2.24, 2.45) is 0 Å². The molecule has 2 aromatic carbocycles. The fourth-order valence-electron chi connectivity index (χ4n) is 3.26. The summed E-state index contributed by atoms with van der Waals surface area (Å²) < 4.78 is 7.75. The summed E-state index contributed by atoms with van der Waals surface area (Å²) in [6.45, 7) is 0.699. The van der Waals surface area contributed by atoms with Crippen molar-refractivity contribution in [3.05, 3.63) is 102 Å². The van der Waals surface area contributed by atoms with Gasteiger partial charge in [-0.3, -0.25) is 9.67 Å². The monoisotopic (exact) mass is 378 g/mol. The molecule has 0 N–H and O–H groups in total. The van der Waals surface area contributed by atoms with Crippen molar-refractivity contribution in [1.82, 2.24) is 19.7 Å². The molecule has 3 heterocycles. The highest BCUT2D eigenvalue weighted by atomic mass is 16.3. The standard InChI is InChI=1S/C24H18N4O/c1-2-7-18(8-3-1)16-28-17-20(24(27-28)19-9-6-14-25-15-19)12-13-23-26-21-10-4-5-11-22(21)29-23/h1-15,17H,16H2/b13-12+. The van der Waals surface area contributed by atoms with Gasteiger partial charge in [-0.15, -0.1) is 0 Å². The summed E-state index contributed by atoms with van der Waals surface area (Å²) in [6.07, 6.45) is 9.49. The van der Waals surface area contributed by atoms with Crippen LogP contribution in [0.15, 0.2) is 89.7 Å². The molecule has 5 aromatic rings. The van der Waals surface area contributed by atoms with E-state index in [0.29, 0.717) is 12.4 Å². The number of nitrogens with zero attached hydrogens (tertiary/aromatic N) is 4. The van der Waals surface area contributed by atoms with Gasteiger partial charge in [0.25, 0.3) is 0 Å². The van der Waals surface area contributed by atoms with Crippen LogP contribution in [0.1, 0.15) is 17.0 Å². The first-order valence-corrected chi connectivity index (χ1v) is 9.40. The maximum Gasteiger partial charge on any atom is 0.220 e. The molecular weight excluding hydrogens is 360 g/mol. The van der Waals surface area contributed by atoms with Crippen molar-refractivity contribution in [1.29, 1.82) is 0 Å². The summed E-state index contributed by atoms with van der Waals surface area (Å²) in [7, 11) is 0. The Bertz CT molecular complexity index is 1240. The number of hydrogen-bond donors (Lipinski definition) is 0. The number of oxazole rings is 1. The zero-order chi connectivity index (χ0) is 19.5. The molecule has 140 valence electrons. The second-order valence-corrected chi connectivity index (χ2v) is 6.71. The van der Waals surface area contributed by atoms with Crippen LogP contribution in [0.4, 0.5) is 0 Å². The molecule has 0 atom stereocenters. The topological polar surface area (TPSA) is 56.7 Å². The number of benzene rings is 2. The minimum Gasteiger partial charge on any atom is -0.437 e. The maximum absolute atomic E-state index is 5.80. The SMILES string of the molecule is C(=C\c1cn(Cc2ccccc2)nc1-c1cccnc1)/c1nc2ccccc2o1. The maximum atomic E-state index is 5.80. The Morgan fingerprint density at radius 2 is 1.76 bits per heavy atom. The van der Waals surface area contributed by atoms with E-state index in [1.807, 2.05) is 83.8 Å². The Hall–Kier alpha value is -3.99. The first-order valence-electron chi connectivity index (χ1n) is 9.40. The van der Waals surface area contributed by atoms with Gasteiger partial charge in [0.2, 0.25) is 5.89 Å². The lowest BCUT2D eigenvalue weighted by molar-refractivity contribution is 0.589. The van der Waals surface area contributed by atoms with Gasteiger partial charge in [0.05, 0.1) is 6.54 Å². The summed E-state index contributed by atoms with van der Waals surface area (Å²) in [5.41, 5.74) is 5.65. The van der Waals surface area contributed by atoms with E-state index in [4.69, 9.17) is 9.52 Å². The second kappa shape index (κ2) is 7.56. The van der Waals surface area contributed by atoms with Crippen LogP contribution in [0, 0.1) is 0 Å². The quantitative estimate of drug-likeness (QED) is 0.416. The number of rotatable bonds is 5. The van der Waals surface area contributed by atoms with E-state index >= 15 is 0 Å². The van der Waals surface area contributed by atoms with Crippen LogP contribution in [0.3, 0.4) is 0 Å². The smallest absolute Gasteiger partial charge is 0.220 e. The van der Waals surface area contributed by atoms with E-state index in [0.717, 1.165) is 27.9 Å². The van der Waals surface area contributed by atoms with Crippen molar-refractivity contribution < 1.29 is 4.42 Å². The highest BCUT2D eigenvalue weighted by Gasteiger charge is 2.10. The zero-order valence-electron chi connectivity index (χ0n) is 15.6. The molecule has 0 saturated heterocycles. The number of aromatic nitrogens is 4. The largest absolute Gasteiger partial charge is 0.437 e. The molecule has 5 nitrogen and oxygen atoms in total. The van der Waals surface area contributed by atoms with E-state index < -0.39 is 0 Å². The van der Waals surface area contributed by atoms with Gasteiger partial charge in [-0.1, -0.05) is 42.5 Å². The average molecular weight is 378 g/mol. The van der Waals surface area contributed by atoms with Gasteiger partial charge in [0.1, 0.15) is 11.2 Å². The van der Waals surface area contributed by atoms with Crippen LogP contribution in [0.25, 0.3) is 34.5 Å². The second-order valence-electron chi connectivity index (χ2n) is 6.71. The van der Waals surface area contributed by atoms with Gasteiger partial charge in [-0.05, 0) is 35.9 Å². The fraction of sp³-hybridized carbons (Fsp3) is 0.0417. The molecule has 3 aromatic heterocycles. The number of hydrogen-bond acceptors (Lipinski definition) is 4. The molecule has 0 aliphatic heterocycles. The first kappa shape index (κ1) is 17.1. The van der Waals surface area contributed by atoms with Crippen LogP contribution in [-0.4, -0.2) is 19.7 Å². The van der Waals surface area contributed by atoms with Crippen LogP contribution in [-0.2, 0) is 6.54 Å². The minimum absolute atomic E-state index is 0.569. The third kappa shape index (κ3) is 3.71. The molecule has 0 unspecified atom stereocenters. The van der Waals surface area contributed by atoms with Crippen molar-refractivity contribution in [3.8, 4) is 11.3 Å². The molecule has 0 saturated carbocycles. The van der Waals surface area contributed by atoms with Gasteiger partial charge in [-0.2, -0.15) is 5.10 Å². The van der Waals surface area contributed by atoms with Gasteiger partial charge >= 0.3 is 0 Å². The van der Waals surface area contributed by atoms with Crippen molar-refractivity contribution in [2.75, 3.05) is 0 Å². The molecule has 0 spiro atoms. The van der Waals surface area contributed by atoms with E-state index in [9.17, 15) is 0 Å². The predicted molar refractivity (Wildman–Crippen MR) is 114 cm³/mol. The summed E-state index contributed by atoms with van der Waals surface area (Å²) >= 11 is 0. The molecular formula is C24H18N4O. The van der Waals surface area contributed by atoms with E-state index in [1.165, 1.54) is 5.56 Å². The third-order valence-electron chi connectivity index (χ3n) is 4.63. The van der Waals surface area contributed by atoms with Gasteiger partial charge in [0, 0.05) is 35.8 Å². The normalized spacial score (nSPS) is 11.4. The molecule has 5 heteroatoms. The molecule has 0 fully saturated rings. The Balaban J connectivity index is 1.51. The third-order valence-corrected chi connectivity index (χ3v) is 4.63. The Morgan fingerprint density at radius 3 is 2.59 bits per heavy atom. The van der Waals surface area contributed by atoms with E-state index in [1.54, 1.807) is 6.20 Å². The summed E-state index contributed by atoms with van der Waals surface area (Å²) in [5.74, 6) is 0.569. The lowest BCUT2D eigenvalue weighted by Crippen LogP contribution is -2.00. The number of para-hydroxylation sites is 2. The van der Waals surface area contributed by atoms with Crippen molar-refractivity contribution in [2.45, 2.75) is 6.54 Å². The van der Waals surface area contributed by atoms with Crippen LogP contribution in [0.2, 0.25) is 0 Å². The van der Waals surface area contributed by atoms with Gasteiger partial charge < -0.3 is 4.42 Å². The summed E-state index contributed by atoms with van der Waals surface area (Å²) in [4.78, 5) is 8.75. The molecule has 0 amide bonds. The molecule has 0 aliphatic carbocycles. The summed E-state index contributed by atoms with van der Waals surface area (Å²) in [6, 6.07) is 22.0. The van der Waals surface area contributed by atoms with Crippen LogP contribution < -0.4 is 0 Å². The van der Waals surface area contributed by atoms with Crippen molar-refractivity contribution >= 4 is 23.3 Å². The lowest BCUT2D eigenvalue weighted by atomic mass is 10.1. The van der Waals surface area contributed by atoms with Gasteiger partial charge in [-0.25, -0.2) is 4.98 Å². The highest BCUT2D eigenvalue weighted by molar-refractivity contribution is 5.79. The predicted octanol–water partition coefficient (Wildman–Crippen LogP) is 5.31. The Kier molecular flexibility index (Phi) is 4.47. The van der Waals surface area contributed by atoms with E-state index in [2.05, 4.69) is 22.1 Å². The highest BCUT2D eigenvalue weighted by Crippen LogP contribution is 2.24. The Morgan fingerprint density at radius 1 is 0.897 bits per heavy atom. The Labute approximate surface area is 168 Å². The fourth-order valence-corrected chi connectivity index (χ4v) is 3.26. The van der Waals surface area contributed by atoms with Crippen molar-refractivity contribution in [3.63, 3.8) is 0 Å². The number of fused-ring (bicyclic) bond motifs is 1. The van der Waals surface area contributed by atoms with Gasteiger partial charge in [0.15, 0.2) is 5.58 Å². The van der Waals surface area contributed by atoms with Crippen LogP contribution in [0.5, 0.6) is 0 Å². The molecule has 0 radical (unpaired) electrons. The number of pyridine rings is 1. The average Bonchev–Trinajstić information content (AvgIpc) is 3.37.